The summed E-state index contributed by atoms with van der Waals surface area (Å²) in [4.78, 5) is 0. The van der Waals surface area contributed by atoms with E-state index in [-0.39, 0.29) is 1.43 Å². The number of hydrogen-bond donors (Lipinski definition) is 0. The van der Waals surface area contributed by atoms with E-state index < -0.39 is 0 Å². The van der Waals surface area contributed by atoms with Gasteiger partial charge in [-0.25, -0.2) is 0 Å². The molecule has 12 heavy (non-hydrogen) atoms. The third-order valence-electron chi connectivity index (χ3n) is 2.56. The summed E-state index contributed by atoms with van der Waals surface area (Å²) in [7, 11) is 1.73. The Morgan fingerprint density at radius 3 is 2.67 bits per heavy atom. The highest BCUT2D eigenvalue weighted by atomic mass is 16.5. The first-order chi connectivity index (χ1) is 5.90. The van der Waals surface area contributed by atoms with E-state index in [9.17, 15) is 0 Å². The highest BCUT2D eigenvalue weighted by molar-refractivity contribution is 5.36. The first-order valence-electron chi connectivity index (χ1n) is 4.56. The summed E-state index contributed by atoms with van der Waals surface area (Å²) in [5, 5.41) is 0. The fraction of sp³-hybridized carbons (Fsp3) is 0.455. The quantitative estimate of drug-likeness (QED) is 0.620. The molecule has 0 atom stereocenters. The number of benzene rings is 1. The van der Waals surface area contributed by atoms with Gasteiger partial charge in [0.2, 0.25) is 0 Å². The van der Waals surface area contributed by atoms with Crippen molar-refractivity contribution in [3.63, 3.8) is 0 Å². The van der Waals surface area contributed by atoms with E-state index in [1.165, 1.54) is 36.8 Å². The molecule has 0 unspecified atom stereocenters. The van der Waals surface area contributed by atoms with Crippen LogP contribution in [0.4, 0.5) is 0 Å². The number of ether oxygens (including phenoxy) is 1. The Morgan fingerprint density at radius 1 is 1.17 bits per heavy atom. The van der Waals surface area contributed by atoms with Gasteiger partial charge >= 0.3 is 0 Å². The minimum Gasteiger partial charge on any atom is -0.497 e. The number of hydrogen-bond acceptors (Lipinski definition) is 1. The molecule has 0 bridgehead atoms. The minimum atomic E-state index is 0. The van der Waals surface area contributed by atoms with Gasteiger partial charge in [-0.1, -0.05) is 6.07 Å². The maximum atomic E-state index is 5.18. The molecule has 1 aromatic rings. The molecule has 0 spiro atoms. The molecule has 0 heterocycles. The van der Waals surface area contributed by atoms with Crippen LogP contribution in [0, 0.1) is 0 Å². The van der Waals surface area contributed by atoms with Gasteiger partial charge in [0.15, 0.2) is 0 Å². The number of fused-ring (bicyclic) bond motifs is 1. The molecule has 1 aliphatic rings. The van der Waals surface area contributed by atoms with E-state index in [4.69, 9.17) is 4.74 Å². The van der Waals surface area contributed by atoms with Crippen LogP contribution in [0.25, 0.3) is 0 Å². The van der Waals surface area contributed by atoms with Crippen molar-refractivity contribution in [3.8, 4) is 5.75 Å². The van der Waals surface area contributed by atoms with Gasteiger partial charge in [-0.2, -0.15) is 0 Å². The zero-order valence-electron chi connectivity index (χ0n) is 7.47. The highest BCUT2D eigenvalue weighted by Crippen LogP contribution is 2.24. The van der Waals surface area contributed by atoms with Crippen LogP contribution < -0.4 is 4.74 Å². The Bertz CT molecular complexity index is 283. The number of aryl methyl sites for hydroxylation is 2. The van der Waals surface area contributed by atoms with Gasteiger partial charge in [0.05, 0.1) is 7.11 Å². The lowest BCUT2D eigenvalue weighted by Gasteiger charge is -2.15. The molecule has 2 rings (SSSR count). The molecule has 0 radical (unpaired) electrons. The average Bonchev–Trinajstić information content (AvgIpc) is 2.17. The summed E-state index contributed by atoms with van der Waals surface area (Å²) in [6.07, 6.45) is 5.16. The average molecular weight is 164 g/mol. The van der Waals surface area contributed by atoms with Crippen LogP contribution in [0.15, 0.2) is 18.2 Å². The number of methoxy groups -OCH3 is 1. The van der Waals surface area contributed by atoms with E-state index >= 15 is 0 Å². The van der Waals surface area contributed by atoms with Crippen LogP contribution in [0.3, 0.4) is 0 Å². The molecule has 0 amide bonds. The van der Waals surface area contributed by atoms with Gasteiger partial charge in [-0.05, 0) is 48.9 Å². The summed E-state index contributed by atoms with van der Waals surface area (Å²) in [6.45, 7) is 0. The van der Waals surface area contributed by atoms with Crippen molar-refractivity contribution in [2.75, 3.05) is 7.11 Å². The van der Waals surface area contributed by atoms with E-state index in [2.05, 4.69) is 18.2 Å². The molecular weight excluding hydrogens is 148 g/mol. The van der Waals surface area contributed by atoms with Crippen molar-refractivity contribution >= 4 is 0 Å². The van der Waals surface area contributed by atoms with Gasteiger partial charge in [0, 0.05) is 1.43 Å². The normalized spacial score (nSPS) is 15.4. The molecular formula is C11H16O. The molecule has 1 aliphatic carbocycles. The first-order valence-corrected chi connectivity index (χ1v) is 4.56. The molecule has 0 saturated carbocycles. The number of rotatable bonds is 1. The third-order valence-corrected chi connectivity index (χ3v) is 2.56. The maximum absolute atomic E-state index is 5.18. The molecule has 0 saturated heterocycles. The van der Waals surface area contributed by atoms with Crippen molar-refractivity contribution in [1.82, 2.24) is 0 Å². The Balaban J connectivity index is 0.000000845. The molecule has 0 fully saturated rings. The van der Waals surface area contributed by atoms with Gasteiger partial charge in [0.1, 0.15) is 5.75 Å². The second kappa shape index (κ2) is 3.18. The summed E-state index contributed by atoms with van der Waals surface area (Å²) in [6, 6.07) is 6.44. The van der Waals surface area contributed by atoms with Crippen molar-refractivity contribution < 1.29 is 6.16 Å². The van der Waals surface area contributed by atoms with Crippen molar-refractivity contribution in [2.45, 2.75) is 25.7 Å². The summed E-state index contributed by atoms with van der Waals surface area (Å²) in [5.41, 5.74) is 3.00. The van der Waals surface area contributed by atoms with Crippen LogP contribution >= 0.6 is 0 Å². The lowest BCUT2D eigenvalue weighted by atomic mass is 9.92. The second-order valence-corrected chi connectivity index (χ2v) is 3.34. The van der Waals surface area contributed by atoms with Crippen molar-refractivity contribution in [2.24, 2.45) is 0 Å². The van der Waals surface area contributed by atoms with Gasteiger partial charge in [-0.15, -0.1) is 0 Å². The maximum Gasteiger partial charge on any atom is 0.119 e. The lowest BCUT2D eigenvalue weighted by Crippen LogP contribution is -2.02. The van der Waals surface area contributed by atoms with E-state index in [0.29, 0.717) is 0 Å². The molecule has 0 aliphatic heterocycles. The summed E-state index contributed by atoms with van der Waals surface area (Å²) in [5.74, 6) is 0.996. The monoisotopic (exact) mass is 164 g/mol. The van der Waals surface area contributed by atoms with Crippen LogP contribution in [-0.2, 0) is 12.8 Å². The van der Waals surface area contributed by atoms with E-state index in [1.54, 1.807) is 7.11 Å². The zero-order valence-corrected chi connectivity index (χ0v) is 7.47. The largest absolute Gasteiger partial charge is 0.497 e. The Kier molecular flexibility index (Phi) is 2.03. The SMILES string of the molecule is COc1ccc2c(c1)CCCC2.[HH]. The molecule has 1 heteroatoms. The zero-order chi connectivity index (χ0) is 8.39. The van der Waals surface area contributed by atoms with Crippen LogP contribution in [0.1, 0.15) is 25.4 Å². The molecule has 0 N–H and O–H groups in total. The Labute approximate surface area is 74.8 Å². The molecule has 1 aromatic carbocycles. The van der Waals surface area contributed by atoms with Crippen molar-refractivity contribution in [3.05, 3.63) is 29.3 Å². The predicted molar refractivity (Wildman–Crippen MR) is 51.8 cm³/mol. The van der Waals surface area contributed by atoms with Crippen molar-refractivity contribution in [1.29, 1.82) is 0 Å². The smallest absolute Gasteiger partial charge is 0.119 e. The molecule has 66 valence electrons. The van der Waals surface area contributed by atoms with Crippen LogP contribution in [0.5, 0.6) is 5.75 Å². The topological polar surface area (TPSA) is 9.23 Å². The standard InChI is InChI=1S/C11H14O.H2/c1-12-11-7-6-9-4-2-3-5-10(9)8-11;/h6-8H,2-5H2,1H3;1H. The Hall–Kier alpha value is -0.980. The summed E-state index contributed by atoms with van der Waals surface area (Å²) < 4.78 is 5.18. The van der Waals surface area contributed by atoms with Gasteiger partial charge < -0.3 is 4.74 Å². The lowest BCUT2D eigenvalue weighted by molar-refractivity contribution is 0.413. The van der Waals surface area contributed by atoms with Gasteiger partial charge in [0.25, 0.3) is 0 Å². The fourth-order valence-corrected chi connectivity index (χ4v) is 1.84. The van der Waals surface area contributed by atoms with Crippen LogP contribution in [-0.4, -0.2) is 7.11 Å². The van der Waals surface area contributed by atoms with E-state index in [1.807, 2.05) is 0 Å². The second-order valence-electron chi connectivity index (χ2n) is 3.34. The molecule has 0 aromatic heterocycles. The predicted octanol–water partition coefficient (Wildman–Crippen LogP) is 2.82. The van der Waals surface area contributed by atoms with Crippen LogP contribution in [0.2, 0.25) is 0 Å². The highest BCUT2D eigenvalue weighted by Gasteiger charge is 2.08. The van der Waals surface area contributed by atoms with Gasteiger partial charge in [-0.3, -0.25) is 0 Å². The summed E-state index contributed by atoms with van der Waals surface area (Å²) >= 11 is 0. The van der Waals surface area contributed by atoms with E-state index in [0.717, 1.165) is 5.75 Å². The third kappa shape index (κ3) is 1.31. The fourth-order valence-electron chi connectivity index (χ4n) is 1.84. The minimum absolute atomic E-state index is 0. The molecule has 1 nitrogen and oxygen atoms in total. The Morgan fingerprint density at radius 2 is 1.92 bits per heavy atom. The first kappa shape index (κ1) is 7.66.